The molecule has 0 amide bonds. The highest BCUT2D eigenvalue weighted by atomic mass is 35.5. The van der Waals surface area contributed by atoms with Crippen LogP contribution in [-0.2, 0) is 4.74 Å². The van der Waals surface area contributed by atoms with Crippen LogP contribution in [0.4, 0.5) is 0 Å². The highest BCUT2D eigenvalue weighted by Crippen LogP contribution is 2.76. The second kappa shape index (κ2) is 5.04. The maximum atomic E-state index is 9.17. The zero-order chi connectivity index (χ0) is 17.2. The summed E-state index contributed by atoms with van der Waals surface area (Å²) >= 11 is 6.12. The fraction of sp³-hybridized carbons (Fsp3) is 0.412. The molecule has 3 aromatic rings. The lowest BCUT2D eigenvalue weighted by Crippen LogP contribution is -2.32. The van der Waals surface area contributed by atoms with E-state index in [1.165, 1.54) is 0 Å². The van der Waals surface area contributed by atoms with Crippen LogP contribution in [-0.4, -0.2) is 37.6 Å². The zero-order valence-corrected chi connectivity index (χ0v) is 14.3. The van der Waals surface area contributed by atoms with Crippen LogP contribution >= 0.6 is 11.6 Å². The van der Waals surface area contributed by atoms with Crippen LogP contribution in [0.5, 0.6) is 0 Å². The number of nitrogens with zero attached hydrogens (tertiary/aromatic N) is 6. The van der Waals surface area contributed by atoms with Crippen molar-refractivity contribution in [2.75, 3.05) is 7.11 Å². The lowest BCUT2D eigenvalue weighted by Gasteiger charge is -2.30. The van der Waals surface area contributed by atoms with Gasteiger partial charge in [-0.1, -0.05) is 11.6 Å². The highest BCUT2D eigenvalue weighted by Gasteiger charge is 2.77. The van der Waals surface area contributed by atoms with Gasteiger partial charge in [-0.3, -0.25) is 4.68 Å². The smallest absolute Gasteiger partial charge is 0.148 e. The maximum absolute atomic E-state index is 9.17. The van der Waals surface area contributed by atoms with Crippen LogP contribution in [0.25, 0.3) is 16.8 Å². The summed E-state index contributed by atoms with van der Waals surface area (Å²) in [6, 6.07) is 4.44. The molecule has 2 fully saturated rings. The molecule has 7 nitrogen and oxygen atoms in total. The fourth-order valence-corrected chi connectivity index (χ4v) is 4.67. The Kier molecular flexibility index (Phi) is 3.00. The van der Waals surface area contributed by atoms with Crippen molar-refractivity contribution in [1.29, 1.82) is 5.26 Å². The van der Waals surface area contributed by atoms with E-state index >= 15 is 0 Å². The third-order valence-corrected chi connectivity index (χ3v) is 5.88. The number of hydrogen-bond acceptors (Lipinski definition) is 5. The minimum Gasteiger partial charge on any atom is -0.381 e. The van der Waals surface area contributed by atoms with Crippen molar-refractivity contribution >= 4 is 17.1 Å². The molecule has 0 radical (unpaired) electrons. The Bertz CT molecular complexity index is 1020. The summed E-state index contributed by atoms with van der Waals surface area (Å²) in [6.45, 7) is 0. The zero-order valence-electron chi connectivity index (χ0n) is 13.5. The van der Waals surface area contributed by atoms with E-state index in [-0.39, 0.29) is 17.6 Å². The molecule has 5 rings (SSSR count). The minimum atomic E-state index is 0.0202. The van der Waals surface area contributed by atoms with Gasteiger partial charge in [0.15, 0.2) is 0 Å². The Hall–Kier alpha value is -2.43. The Balaban J connectivity index is 1.52. The second-order valence-corrected chi connectivity index (χ2v) is 7.19. The van der Waals surface area contributed by atoms with Gasteiger partial charge in [0.25, 0.3) is 0 Å². The van der Waals surface area contributed by atoms with Crippen LogP contribution in [0, 0.1) is 22.7 Å². The molecule has 8 heteroatoms. The third kappa shape index (κ3) is 1.92. The van der Waals surface area contributed by atoms with Crippen LogP contribution in [0.2, 0.25) is 5.15 Å². The van der Waals surface area contributed by atoms with Crippen molar-refractivity contribution in [3.63, 3.8) is 0 Å². The van der Waals surface area contributed by atoms with E-state index in [2.05, 4.69) is 21.3 Å². The van der Waals surface area contributed by atoms with Gasteiger partial charge in [-0.2, -0.15) is 15.5 Å². The minimum absolute atomic E-state index is 0.0202. The van der Waals surface area contributed by atoms with Gasteiger partial charge in [0, 0.05) is 36.6 Å². The molecule has 3 heterocycles. The first kappa shape index (κ1) is 14.9. The van der Waals surface area contributed by atoms with Crippen molar-refractivity contribution in [2.45, 2.75) is 25.0 Å². The molecule has 2 unspecified atom stereocenters. The molecule has 4 atom stereocenters. The normalized spacial score (nSPS) is 29.9. The van der Waals surface area contributed by atoms with Gasteiger partial charge in [-0.05, 0) is 12.5 Å². The molecule has 0 bridgehead atoms. The summed E-state index contributed by atoms with van der Waals surface area (Å²) in [5.74, 6) is 0.368. The summed E-state index contributed by atoms with van der Waals surface area (Å²) < 4.78 is 9.20. The van der Waals surface area contributed by atoms with Crippen molar-refractivity contribution in [3.8, 4) is 17.3 Å². The number of ether oxygens (including phenoxy) is 1. The molecule has 0 aliphatic heterocycles. The van der Waals surface area contributed by atoms with E-state index in [4.69, 9.17) is 16.3 Å². The summed E-state index contributed by atoms with van der Waals surface area (Å²) in [7, 11) is 1.73. The van der Waals surface area contributed by atoms with Gasteiger partial charge in [0.05, 0.1) is 42.3 Å². The van der Waals surface area contributed by atoms with Gasteiger partial charge in [-0.25, -0.2) is 9.50 Å². The first-order valence-electron chi connectivity index (χ1n) is 8.12. The van der Waals surface area contributed by atoms with Crippen molar-refractivity contribution in [1.82, 2.24) is 24.4 Å². The molecule has 2 saturated carbocycles. The molecular formula is C17H15ClN6O. The number of fused-ring (bicyclic) bond motifs is 2. The van der Waals surface area contributed by atoms with E-state index in [1.54, 1.807) is 30.2 Å². The van der Waals surface area contributed by atoms with Crippen molar-refractivity contribution < 1.29 is 4.74 Å². The molecule has 25 heavy (non-hydrogen) atoms. The molecule has 2 aliphatic rings. The van der Waals surface area contributed by atoms with E-state index in [0.29, 0.717) is 17.5 Å². The van der Waals surface area contributed by atoms with Crippen LogP contribution < -0.4 is 0 Å². The van der Waals surface area contributed by atoms with E-state index in [9.17, 15) is 5.26 Å². The van der Waals surface area contributed by atoms with Gasteiger partial charge in [0.2, 0.25) is 0 Å². The summed E-state index contributed by atoms with van der Waals surface area (Å²) in [5, 5.41) is 18.3. The number of rotatable bonds is 4. The SMILES string of the molecule is CO[C@H]1C[C@@]2(CC#N)C1C2n1cc(-c2nc(Cl)cn3nccc23)cn1. The molecule has 0 spiro atoms. The molecule has 0 aromatic carbocycles. The molecule has 3 aromatic heterocycles. The average molecular weight is 355 g/mol. The first-order valence-corrected chi connectivity index (χ1v) is 8.50. The van der Waals surface area contributed by atoms with E-state index in [1.807, 2.05) is 16.9 Å². The standard InChI is InChI=1S/C17H15ClN6O/c1-25-12-6-17(3-4-19)14(12)16(17)24-8-10(7-21-24)15-11-2-5-20-23(11)9-13(18)22-15/h2,5,7-9,12,14,16H,3,6H2,1H3/t12-,14?,16?,17-/m0/s1. The number of aromatic nitrogens is 5. The van der Waals surface area contributed by atoms with Gasteiger partial charge >= 0.3 is 0 Å². The molecule has 0 saturated heterocycles. The van der Waals surface area contributed by atoms with Gasteiger partial charge < -0.3 is 4.74 Å². The Morgan fingerprint density at radius 2 is 2.32 bits per heavy atom. The van der Waals surface area contributed by atoms with E-state index in [0.717, 1.165) is 23.2 Å². The number of hydrogen-bond donors (Lipinski definition) is 0. The van der Waals surface area contributed by atoms with Gasteiger partial charge in [0.1, 0.15) is 10.8 Å². The lowest BCUT2D eigenvalue weighted by molar-refractivity contribution is -0.00412. The molecule has 2 aliphatic carbocycles. The molecule has 0 N–H and O–H groups in total. The molecule has 126 valence electrons. The predicted octanol–water partition coefficient (Wildman–Crippen LogP) is 2.74. The van der Waals surface area contributed by atoms with Crippen LogP contribution in [0.15, 0.2) is 30.9 Å². The predicted molar refractivity (Wildman–Crippen MR) is 89.8 cm³/mol. The largest absolute Gasteiger partial charge is 0.381 e. The Morgan fingerprint density at radius 1 is 1.44 bits per heavy atom. The first-order chi connectivity index (χ1) is 12.2. The fourth-order valence-electron chi connectivity index (χ4n) is 4.50. The number of halogens is 1. The van der Waals surface area contributed by atoms with Crippen molar-refractivity contribution in [3.05, 3.63) is 36.0 Å². The summed E-state index contributed by atoms with van der Waals surface area (Å²) in [4.78, 5) is 4.45. The topological polar surface area (TPSA) is 81.0 Å². The quantitative estimate of drug-likeness (QED) is 0.719. The van der Waals surface area contributed by atoms with E-state index < -0.39 is 0 Å². The van der Waals surface area contributed by atoms with Crippen LogP contribution in [0.1, 0.15) is 18.9 Å². The number of nitriles is 1. The number of methoxy groups -OCH3 is 1. The van der Waals surface area contributed by atoms with Crippen molar-refractivity contribution in [2.24, 2.45) is 11.3 Å². The monoisotopic (exact) mass is 354 g/mol. The highest BCUT2D eigenvalue weighted by molar-refractivity contribution is 6.29. The summed E-state index contributed by atoms with van der Waals surface area (Å²) in [5.41, 5.74) is 2.54. The average Bonchev–Trinajstić information content (AvgIpc) is 3.05. The summed E-state index contributed by atoms with van der Waals surface area (Å²) in [6.07, 6.45) is 8.86. The Labute approximate surface area is 148 Å². The second-order valence-electron chi connectivity index (χ2n) is 6.80. The third-order valence-electron chi connectivity index (χ3n) is 5.70. The maximum Gasteiger partial charge on any atom is 0.148 e. The van der Waals surface area contributed by atoms with Gasteiger partial charge in [-0.15, -0.1) is 0 Å². The Morgan fingerprint density at radius 3 is 3.12 bits per heavy atom. The molecular weight excluding hydrogens is 340 g/mol. The van der Waals surface area contributed by atoms with Crippen LogP contribution in [0.3, 0.4) is 0 Å². The lowest BCUT2D eigenvalue weighted by atomic mass is 9.80.